The first kappa shape index (κ1) is 14.7. The number of ether oxygens (including phenoxy) is 1. The lowest BCUT2D eigenvalue weighted by Gasteiger charge is -2.04. The van der Waals surface area contributed by atoms with Gasteiger partial charge >= 0.3 is 0 Å². The summed E-state index contributed by atoms with van der Waals surface area (Å²) >= 11 is 0. The summed E-state index contributed by atoms with van der Waals surface area (Å²) in [5.74, 6) is 0.400. The van der Waals surface area contributed by atoms with Crippen molar-refractivity contribution >= 4 is 12.1 Å². The third-order valence-corrected chi connectivity index (χ3v) is 2.29. The number of carbonyl (C=O) groups excluding carboxylic acids is 1. The van der Waals surface area contributed by atoms with Crippen LogP contribution in [0.2, 0.25) is 0 Å². The normalized spacial score (nSPS) is 10.1. The van der Waals surface area contributed by atoms with E-state index < -0.39 is 5.91 Å². The Hall–Kier alpha value is -2.35. The van der Waals surface area contributed by atoms with Crippen molar-refractivity contribution in [2.24, 2.45) is 5.10 Å². The molecule has 0 spiro atoms. The SMILES string of the molecule is CCCCOc1ccc(C=NNC(=O)CC#N)cc1. The van der Waals surface area contributed by atoms with E-state index >= 15 is 0 Å². The highest BCUT2D eigenvalue weighted by Crippen LogP contribution is 2.11. The molecule has 0 saturated carbocycles. The van der Waals surface area contributed by atoms with Gasteiger partial charge in [-0.2, -0.15) is 10.4 Å². The molecule has 0 unspecified atom stereocenters. The quantitative estimate of drug-likeness (QED) is 0.463. The average molecular weight is 259 g/mol. The predicted molar refractivity (Wildman–Crippen MR) is 72.8 cm³/mol. The fourth-order valence-corrected chi connectivity index (χ4v) is 1.27. The zero-order valence-electron chi connectivity index (χ0n) is 10.9. The zero-order valence-corrected chi connectivity index (χ0v) is 10.9. The summed E-state index contributed by atoms with van der Waals surface area (Å²) in [6, 6.07) is 9.15. The number of nitrogens with one attached hydrogen (secondary N) is 1. The van der Waals surface area contributed by atoms with Crippen LogP contribution in [-0.4, -0.2) is 18.7 Å². The maximum absolute atomic E-state index is 11.0. The second-order valence-electron chi connectivity index (χ2n) is 3.90. The van der Waals surface area contributed by atoms with Gasteiger partial charge in [0, 0.05) is 0 Å². The third kappa shape index (κ3) is 6.22. The topological polar surface area (TPSA) is 74.5 Å². The van der Waals surface area contributed by atoms with Gasteiger partial charge in [-0.25, -0.2) is 5.43 Å². The Labute approximate surface area is 112 Å². The van der Waals surface area contributed by atoms with Gasteiger partial charge in [-0.15, -0.1) is 0 Å². The van der Waals surface area contributed by atoms with Crippen LogP contribution in [0.15, 0.2) is 29.4 Å². The molecule has 0 bridgehead atoms. The average Bonchev–Trinajstić information content (AvgIpc) is 2.41. The van der Waals surface area contributed by atoms with E-state index in [1.54, 1.807) is 6.07 Å². The van der Waals surface area contributed by atoms with Crippen LogP contribution in [0.25, 0.3) is 0 Å². The lowest BCUT2D eigenvalue weighted by atomic mass is 10.2. The Morgan fingerprint density at radius 3 is 2.84 bits per heavy atom. The number of nitriles is 1. The van der Waals surface area contributed by atoms with Crippen LogP contribution in [0.5, 0.6) is 5.75 Å². The molecule has 0 atom stereocenters. The fraction of sp³-hybridized carbons (Fsp3) is 0.357. The van der Waals surface area contributed by atoms with Gasteiger partial charge in [0.2, 0.25) is 0 Å². The van der Waals surface area contributed by atoms with Crippen LogP contribution < -0.4 is 10.2 Å². The number of benzene rings is 1. The molecule has 0 aromatic heterocycles. The van der Waals surface area contributed by atoms with Crippen LogP contribution in [0, 0.1) is 11.3 Å². The second kappa shape index (κ2) is 8.70. The monoisotopic (exact) mass is 259 g/mol. The van der Waals surface area contributed by atoms with E-state index in [-0.39, 0.29) is 6.42 Å². The molecule has 100 valence electrons. The lowest BCUT2D eigenvalue weighted by molar-refractivity contribution is -0.120. The maximum Gasteiger partial charge on any atom is 0.254 e. The van der Waals surface area contributed by atoms with Crippen molar-refractivity contribution in [1.82, 2.24) is 5.43 Å². The van der Waals surface area contributed by atoms with Gasteiger partial charge in [0.15, 0.2) is 0 Å². The molecule has 0 aliphatic carbocycles. The van der Waals surface area contributed by atoms with Gasteiger partial charge in [-0.1, -0.05) is 13.3 Å². The molecule has 0 aliphatic heterocycles. The Morgan fingerprint density at radius 2 is 2.21 bits per heavy atom. The molecule has 1 aromatic rings. The highest BCUT2D eigenvalue weighted by atomic mass is 16.5. The van der Waals surface area contributed by atoms with E-state index in [9.17, 15) is 4.79 Å². The summed E-state index contributed by atoms with van der Waals surface area (Å²) in [5, 5.41) is 12.0. The van der Waals surface area contributed by atoms with Gasteiger partial charge in [-0.3, -0.25) is 4.79 Å². The number of unbranched alkanes of at least 4 members (excludes halogenated alkanes) is 1. The van der Waals surface area contributed by atoms with Gasteiger partial charge < -0.3 is 4.74 Å². The molecular formula is C14H17N3O2. The van der Waals surface area contributed by atoms with Crippen molar-refractivity contribution in [2.75, 3.05) is 6.61 Å². The molecule has 5 nitrogen and oxygen atoms in total. The number of carbonyl (C=O) groups is 1. The molecule has 1 amide bonds. The Balaban J connectivity index is 2.41. The van der Waals surface area contributed by atoms with Crippen LogP contribution >= 0.6 is 0 Å². The molecule has 1 N–H and O–H groups in total. The first-order valence-corrected chi connectivity index (χ1v) is 6.18. The maximum atomic E-state index is 11.0. The van der Waals surface area contributed by atoms with Crippen LogP contribution in [-0.2, 0) is 4.79 Å². The van der Waals surface area contributed by atoms with Crippen molar-refractivity contribution in [1.29, 1.82) is 5.26 Å². The molecule has 0 aliphatic rings. The van der Waals surface area contributed by atoms with Crippen LogP contribution in [0.1, 0.15) is 31.7 Å². The summed E-state index contributed by atoms with van der Waals surface area (Å²) in [5.41, 5.74) is 3.11. The standard InChI is InChI=1S/C14H17N3O2/c1-2-3-10-19-13-6-4-12(5-7-13)11-16-17-14(18)8-9-15/h4-7,11H,2-3,8,10H2,1H3,(H,17,18). The summed E-state index contributed by atoms with van der Waals surface area (Å²) in [6.07, 6.45) is 3.47. The summed E-state index contributed by atoms with van der Waals surface area (Å²) < 4.78 is 5.53. The van der Waals surface area contributed by atoms with E-state index in [0.29, 0.717) is 6.61 Å². The molecule has 5 heteroatoms. The zero-order chi connectivity index (χ0) is 13.9. The molecule has 0 heterocycles. The van der Waals surface area contributed by atoms with Crippen molar-refractivity contribution in [3.63, 3.8) is 0 Å². The molecule has 0 fully saturated rings. The highest BCUT2D eigenvalue weighted by Gasteiger charge is 1.96. The lowest BCUT2D eigenvalue weighted by Crippen LogP contribution is -2.16. The number of hydrogen-bond donors (Lipinski definition) is 1. The number of nitrogens with zero attached hydrogens (tertiary/aromatic N) is 2. The van der Waals surface area contributed by atoms with Gasteiger partial charge in [0.1, 0.15) is 12.2 Å². The van der Waals surface area contributed by atoms with Gasteiger partial charge in [-0.05, 0) is 36.2 Å². The first-order valence-electron chi connectivity index (χ1n) is 6.18. The van der Waals surface area contributed by atoms with Crippen LogP contribution in [0.3, 0.4) is 0 Å². The summed E-state index contributed by atoms with van der Waals surface area (Å²) in [4.78, 5) is 11.0. The smallest absolute Gasteiger partial charge is 0.254 e. The van der Waals surface area contributed by atoms with E-state index in [4.69, 9.17) is 10.00 Å². The van der Waals surface area contributed by atoms with Crippen molar-refractivity contribution in [3.8, 4) is 11.8 Å². The van der Waals surface area contributed by atoms with Crippen molar-refractivity contribution in [3.05, 3.63) is 29.8 Å². The minimum Gasteiger partial charge on any atom is -0.494 e. The Kier molecular flexibility index (Phi) is 6.73. The Bertz CT molecular complexity index is 461. The number of hydrogen-bond acceptors (Lipinski definition) is 4. The third-order valence-electron chi connectivity index (χ3n) is 2.29. The first-order chi connectivity index (χ1) is 9.26. The van der Waals surface area contributed by atoms with Crippen LogP contribution in [0.4, 0.5) is 0 Å². The van der Waals surface area contributed by atoms with E-state index in [1.807, 2.05) is 24.3 Å². The number of hydrazone groups is 1. The Morgan fingerprint density at radius 1 is 1.47 bits per heavy atom. The van der Waals surface area contributed by atoms with Gasteiger partial charge in [0.25, 0.3) is 5.91 Å². The number of rotatable bonds is 7. The molecule has 1 aromatic carbocycles. The molecule has 1 rings (SSSR count). The largest absolute Gasteiger partial charge is 0.494 e. The molecule has 0 radical (unpaired) electrons. The summed E-state index contributed by atoms with van der Waals surface area (Å²) in [7, 11) is 0. The summed E-state index contributed by atoms with van der Waals surface area (Å²) in [6.45, 7) is 2.83. The number of amides is 1. The fourth-order valence-electron chi connectivity index (χ4n) is 1.27. The van der Waals surface area contributed by atoms with E-state index in [0.717, 1.165) is 24.2 Å². The van der Waals surface area contributed by atoms with E-state index in [1.165, 1.54) is 6.21 Å². The molecule has 19 heavy (non-hydrogen) atoms. The predicted octanol–water partition coefficient (Wildman–Crippen LogP) is 2.23. The van der Waals surface area contributed by atoms with Gasteiger partial charge in [0.05, 0.1) is 18.9 Å². The van der Waals surface area contributed by atoms with Crippen molar-refractivity contribution < 1.29 is 9.53 Å². The highest BCUT2D eigenvalue weighted by molar-refractivity contribution is 5.83. The minimum atomic E-state index is -0.418. The second-order valence-corrected chi connectivity index (χ2v) is 3.90. The molecule has 0 saturated heterocycles. The van der Waals surface area contributed by atoms with E-state index in [2.05, 4.69) is 17.5 Å². The molecular weight excluding hydrogens is 242 g/mol. The van der Waals surface area contributed by atoms with Crippen molar-refractivity contribution in [2.45, 2.75) is 26.2 Å². The minimum absolute atomic E-state index is 0.193.